The molecule has 0 aliphatic rings. The number of thiocarbonyl (C=S) groups is 1. The number of carbonyl (C=O) groups is 1. The van der Waals surface area contributed by atoms with Gasteiger partial charge >= 0.3 is 0 Å². The quantitative estimate of drug-likeness (QED) is 0.366. The van der Waals surface area contributed by atoms with Gasteiger partial charge in [0, 0.05) is 17.3 Å². The molecule has 2 aromatic carbocycles. The van der Waals surface area contributed by atoms with Crippen LogP contribution in [0, 0.1) is 0 Å². The van der Waals surface area contributed by atoms with Gasteiger partial charge in [0.05, 0.1) is 18.1 Å². The number of carbonyl (C=O) groups excluding carboxylic acids is 1. The number of nitrogens with zero attached hydrogens (tertiary/aromatic N) is 2. The van der Waals surface area contributed by atoms with Crippen molar-refractivity contribution in [1.29, 1.82) is 0 Å². The standard InChI is InChI=1S/C23H25N5O5S2/c1-4-15(2)33-18-9-5-16(6-10-18)22(29)27-23(34)26-17-7-11-19(12-8-17)35(30,31)28-20-13-21(32-3)25-14-24-20/h5-15H,4H2,1-3H3,(H,24,25,28)(H2,26,27,29,34). The van der Waals surface area contributed by atoms with Crippen LogP contribution in [0.4, 0.5) is 11.5 Å². The predicted octanol–water partition coefficient (Wildman–Crippen LogP) is 3.59. The molecule has 0 radical (unpaired) electrons. The molecule has 1 amide bonds. The van der Waals surface area contributed by atoms with E-state index in [4.69, 9.17) is 21.7 Å². The fourth-order valence-electron chi connectivity index (χ4n) is 2.76. The Kier molecular flexibility index (Phi) is 8.55. The van der Waals surface area contributed by atoms with E-state index in [1.54, 1.807) is 24.3 Å². The lowest BCUT2D eigenvalue weighted by Gasteiger charge is -2.13. The van der Waals surface area contributed by atoms with E-state index in [1.807, 2.05) is 13.8 Å². The Morgan fingerprint density at radius 1 is 1.09 bits per heavy atom. The van der Waals surface area contributed by atoms with Crippen LogP contribution in [0.5, 0.6) is 11.6 Å². The first-order valence-electron chi connectivity index (χ1n) is 10.6. The van der Waals surface area contributed by atoms with E-state index < -0.39 is 10.0 Å². The number of hydrogen-bond acceptors (Lipinski definition) is 8. The number of nitrogens with one attached hydrogen (secondary N) is 3. The molecule has 1 unspecified atom stereocenters. The summed E-state index contributed by atoms with van der Waals surface area (Å²) in [5.74, 6) is 0.590. The molecule has 3 rings (SSSR count). The Labute approximate surface area is 209 Å². The maximum absolute atomic E-state index is 12.6. The molecule has 3 N–H and O–H groups in total. The number of ether oxygens (including phenoxy) is 2. The normalized spacial score (nSPS) is 11.7. The van der Waals surface area contributed by atoms with E-state index in [2.05, 4.69) is 25.3 Å². The van der Waals surface area contributed by atoms with Gasteiger partial charge < -0.3 is 14.8 Å². The van der Waals surface area contributed by atoms with Crippen LogP contribution in [0.2, 0.25) is 0 Å². The van der Waals surface area contributed by atoms with Crippen LogP contribution >= 0.6 is 12.2 Å². The molecular formula is C23H25N5O5S2. The van der Waals surface area contributed by atoms with Gasteiger partial charge in [-0.1, -0.05) is 6.92 Å². The Balaban J connectivity index is 1.57. The molecule has 3 aromatic rings. The van der Waals surface area contributed by atoms with Crippen LogP contribution in [0.3, 0.4) is 0 Å². The molecule has 0 saturated carbocycles. The number of methoxy groups -OCH3 is 1. The third-order valence-corrected chi connectivity index (χ3v) is 6.34. The van der Waals surface area contributed by atoms with E-state index in [-0.39, 0.29) is 33.7 Å². The molecule has 0 saturated heterocycles. The van der Waals surface area contributed by atoms with Gasteiger partial charge in [0.25, 0.3) is 15.9 Å². The van der Waals surface area contributed by atoms with Crippen LogP contribution in [0.1, 0.15) is 30.6 Å². The van der Waals surface area contributed by atoms with Crippen molar-refractivity contribution < 1.29 is 22.7 Å². The van der Waals surface area contributed by atoms with Gasteiger partial charge in [-0.05, 0) is 74.1 Å². The smallest absolute Gasteiger partial charge is 0.263 e. The molecule has 0 bridgehead atoms. The molecule has 1 atom stereocenters. The minimum atomic E-state index is -3.89. The van der Waals surface area contributed by atoms with E-state index in [0.29, 0.717) is 17.0 Å². The van der Waals surface area contributed by atoms with E-state index in [9.17, 15) is 13.2 Å². The Morgan fingerprint density at radius 2 is 1.77 bits per heavy atom. The molecular weight excluding hydrogens is 490 g/mol. The summed E-state index contributed by atoms with van der Waals surface area (Å²) in [6.45, 7) is 4.00. The number of aromatic nitrogens is 2. The van der Waals surface area contributed by atoms with E-state index >= 15 is 0 Å². The molecule has 12 heteroatoms. The van der Waals surface area contributed by atoms with E-state index in [1.165, 1.54) is 43.8 Å². The van der Waals surface area contributed by atoms with Crippen molar-refractivity contribution in [2.75, 3.05) is 17.1 Å². The highest BCUT2D eigenvalue weighted by Crippen LogP contribution is 2.19. The van der Waals surface area contributed by atoms with Crippen molar-refractivity contribution in [2.45, 2.75) is 31.3 Å². The highest BCUT2D eigenvalue weighted by atomic mass is 32.2. The van der Waals surface area contributed by atoms with Crippen LogP contribution in [-0.4, -0.2) is 42.6 Å². The van der Waals surface area contributed by atoms with Crippen molar-refractivity contribution in [3.63, 3.8) is 0 Å². The number of hydrogen-bond donors (Lipinski definition) is 3. The summed E-state index contributed by atoms with van der Waals surface area (Å²) >= 11 is 5.20. The summed E-state index contributed by atoms with van der Waals surface area (Å²) in [6.07, 6.45) is 2.15. The van der Waals surface area contributed by atoms with E-state index in [0.717, 1.165) is 6.42 Å². The van der Waals surface area contributed by atoms with Gasteiger partial charge in [0.1, 0.15) is 17.9 Å². The van der Waals surface area contributed by atoms with Crippen LogP contribution in [0.25, 0.3) is 0 Å². The summed E-state index contributed by atoms with van der Waals surface area (Å²) in [7, 11) is -2.47. The average molecular weight is 516 g/mol. The molecule has 1 aromatic heterocycles. The molecule has 0 aliphatic carbocycles. The highest BCUT2D eigenvalue weighted by molar-refractivity contribution is 7.92. The molecule has 1 heterocycles. The summed E-state index contributed by atoms with van der Waals surface area (Å²) in [4.78, 5) is 20.2. The highest BCUT2D eigenvalue weighted by Gasteiger charge is 2.16. The maximum Gasteiger partial charge on any atom is 0.263 e. The van der Waals surface area contributed by atoms with Crippen molar-refractivity contribution in [3.05, 3.63) is 66.5 Å². The first-order chi connectivity index (χ1) is 16.7. The lowest BCUT2D eigenvalue weighted by Crippen LogP contribution is -2.34. The molecule has 0 fully saturated rings. The van der Waals surface area contributed by atoms with Crippen molar-refractivity contribution in [1.82, 2.24) is 15.3 Å². The van der Waals surface area contributed by atoms with Gasteiger partial charge in [-0.15, -0.1) is 0 Å². The Hall–Kier alpha value is -3.77. The fraction of sp³-hybridized carbons (Fsp3) is 0.217. The van der Waals surface area contributed by atoms with Crippen LogP contribution in [0.15, 0.2) is 65.8 Å². The first kappa shape index (κ1) is 25.8. The molecule has 0 aliphatic heterocycles. The second-order valence-corrected chi connectivity index (χ2v) is 9.44. The first-order valence-corrected chi connectivity index (χ1v) is 12.5. The van der Waals surface area contributed by atoms with Gasteiger partial charge in [-0.2, -0.15) is 0 Å². The Bertz CT molecular complexity index is 1280. The van der Waals surface area contributed by atoms with Crippen molar-refractivity contribution in [2.24, 2.45) is 0 Å². The molecule has 184 valence electrons. The number of anilines is 2. The third-order valence-electron chi connectivity index (χ3n) is 4.77. The van der Waals surface area contributed by atoms with Crippen LogP contribution < -0.4 is 24.8 Å². The van der Waals surface area contributed by atoms with Gasteiger partial charge in [-0.3, -0.25) is 14.8 Å². The zero-order valence-electron chi connectivity index (χ0n) is 19.3. The third kappa shape index (κ3) is 7.36. The second-order valence-electron chi connectivity index (χ2n) is 7.34. The number of benzene rings is 2. The molecule has 0 spiro atoms. The summed E-state index contributed by atoms with van der Waals surface area (Å²) in [5.41, 5.74) is 0.912. The molecule has 10 nitrogen and oxygen atoms in total. The fourth-order valence-corrected chi connectivity index (χ4v) is 3.97. The number of sulfonamides is 1. The zero-order valence-corrected chi connectivity index (χ0v) is 20.9. The second kappa shape index (κ2) is 11.6. The zero-order chi connectivity index (χ0) is 25.4. The van der Waals surface area contributed by atoms with Gasteiger partial charge in [0.2, 0.25) is 5.88 Å². The largest absolute Gasteiger partial charge is 0.491 e. The average Bonchev–Trinajstić information content (AvgIpc) is 2.84. The summed E-state index contributed by atoms with van der Waals surface area (Å²) in [5, 5.41) is 5.51. The Morgan fingerprint density at radius 3 is 2.40 bits per heavy atom. The topological polar surface area (TPSA) is 132 Å². The number of rotatable bonds is 9. The number of amides is 1. The van der Waals surface area contributed by atoms with Gasteiger partial charge in [-0.25, -0.2) is 18.4 Å². The maximum atomic E-state index is 12.6. The monoisotopic (exact) mass is 515 g/mol. The lowest BCUT2D eigenvalue weighted by molar-refractivity contribution is 0.0977. The van der Waals surface area contributed by atoms with Crippen LogP contribution in [-0.2, 0) is 10.0 Å². The van der Waals surface area contributed by atoms with Crippen molar-refractivity contribution in [3.8, 4) is 11.6 Å². The summed E-state index contributed by atoms with van der Waals surface area (Å²) in [6, 6.07) is 13.9. The lowest BCUT2D eigenvalue weighted by atomic mass is 10.2. The minimum Gasteiger partial charge on any atom is -0.491 e. The molecule has 35 heavy (non-hydrogen) atoms. The van der Waals surface area contributed by atoms with Gasteiger partial charge in [0.15, 0.2) is 5.11 Å². The van der Waals surface area contributed by atoms with Crippen molar-refractivity contribution >= 4 is 44.8 Å². The minimum absolute atomic E-state index is 0.00952. The summed E-state index contributed by atoms with van der Waals surface area (Å²) < 4.78 is 38.3. The SMILES string of the molecule is CCC(C)Oc1ccc(C(=O)NC(=S)Nc2ccc(S(=O)(=O)Nc3cc(OC)ncn3)cc2)cc1. The predicted molar refractivity (Wildman–Crippen MR) is 136 cm³/mol.